The number of aromatic nitrogens is 2. The number of anilines is 1. The van der Waals surface area contributed by atoms with Crippen molar-refractivity contribution in [3.63, 3.8) is 0 Å². The first-order valence-corrected chi connectivity index (χ1v) is 9.97. The molecule has 28 heavy (non-hydrogen) atoms. The van der Waals surface area contributed by atoms with E-state index < -0.39 is 0 Å². The van der Waals surface area contributed by atoms with E-state index in [0.29, 0.717) is 24.0 Å². The lowest BCUT2D eigenvalue weighted by molar-refractivity contribution is 0.330. The van der Waals surface area contributed by atoms with E-state index in [9.17, 15) is 0 Å². The van der Waals surface area contributed by atoms with E-state index in [1.807, 2.05) is 13.0 Å². The predicted molar refractivity (Wildman–Crippen MR) is 116 cm³/mol. The Kier molecular flexibility index (Phi) is 6.88. The summed E-state index contributed by atoms with van der Waals surface area (Å²) in [6.07, 6.45) is 3.24. The van der Waals surface area contributed by atoms with Gasteiger partial charge in [0.25, 0.3) is 0 Å². The smallest absolute Gasteiger partial charge is 0.148 e. The van der Waals surface area contributed by atoms with Crippen molar-refractivity contribution >= 4 is 17.4 Å². The molecule has 1 aromatic heterocycles. The number of ether oxygens (including phenoxy) is 1. The molecule has 146 valence electrons. The van der Waals surface area contributed by atoms with Crippen LogP contribution in [-0.4, -0.2) is 23.1 Å². The Morgan fingerprint density at radius 3 is 2.54 bits per heavy atom. The summed E-state index contributed by atoms with van der Waals surface area (Å²) in [7, 11) is 0. The lowest BCUT2D eigenvalue weighted by Gasteiger charge is -2.15. The minimum atomic E-state index is 0.528. The number of hydrogen-bond acceptors (Lipinski definition) is 4. The number of nitrogens with one attached hydrogen (secondary N) is 1. The first-order valence-electron chi connectivity index (χ1n) is 9.59. The van der Waals surface area contributed by atoms with Crippen molar-refractivity contribution in [3.8, 4) is 5.75 Å². The molecule has 1 heterocycles. The van der Waals surface area contributed by atoms with Crippen molar-refractivity contribution in [1.82, 2.24) is 9.97 Å². The highest BCUT2D eigenvalue weighted by Gasteiger charge is 2.09. The maximum atomic E-state index is 6.31. The Morgan fingerprint density at radius 2 is 1.79 bits per heavy atom. The molecule has 0 bridgehead atoms. The molecule has 0 saturated heterocycles. The number of nitrogens with zero attached hydrogens (tertiary/aromatic N) is 2. The zero-order valence-electron chi connectivity index (χ0n) is 16.6. The highest BCUT2D eigenvalue weighted by Crippen LogP contribution is 2.26. The molecule has 0 amide bonds. The number of aryl methyl sites for hydroxylation is 1. The fourth-order valence-electron chi connectivity index (χ4n) is 3.12. The third-order valence-corrected chi connectivity index (χ3v) is 5.33. The third kappa shape index (κ3) is 4.82. The average Bonchev–Trinajstić information content (AvgIpc) is 2.72. The molecular formula is C23H26ClN3O. The van der Waals surface area contributed by atoms with E-state index >= 15 is 0 Å². The summed E-state index contributed by atoms with van der Waals surface area (Å²) < 4.78 is 5.99. The summed E-state index contributed by atoms with van der Waals surface area (Å²) in [5.41, 5.74) is 5.95. The van der Waals surface area contributed by atoms with E-state index in [2.05, 4.69) is 65.5 Å². The molecule has 4 nitrogen and oxygen atoms in total. The van der Waals surface area contributed by atoms with Gasteiger partial charge in [0.1, 0.15) is 29.5 Å². The van der Waals surface area contributed by atoms with Crippen molar-refractivity contribution in [2.45, 2.75) is 33.6 Å². The monoisotopic (exact) mass is 395 g/mol. The summed E-state index contributed by atoms with van der Waals surface area (Å²) in [5, 5.41) is 3.81. The summed E-state index contributed by atoms with van der Waals surface area (Å²) in [6, 6.07) is 14.7. The van der Waals surface area contributed by atoms with Crippen molar-refractivity contribution in [3.05, 3.63) is 81.8 Å². The standard InChI is InChI=1S/C23H26ClN3O/c1-4-20-22(24)23(27-15-26-20)25-12-13-28-21-11-10-19(16(2)17(21)3)14-18-8-6-5-7-9-18/h5-11,15H,4,12-14H2,1-3H3,(H,25,26,27). The molecule has 0 radical (unpaired) electrons. The minimum Gasteiger partial charge on any atom is -0.491 e. The Balaban J connectivity index is 1.58. The van der Waals surface area contributed by atoms with E-state index in [-0.39, 0.29) is 0 Å². The summed E-state index contributed by atoms with van der Waals surface area (Å²) in [6.45, 7) is 7.44. The zero-order valence-corrected chi connectivity index (χ0v) is 17.4. The van der Waals surface area contributed by atoms with Crippen molar-refractivity contribution in [2.75, 3.05) is 18.5 Å². The molecule has 0 aliphatic rings. The number of benzene rings is 2. The first-order chi connectivity index (χ1) is 13.6. The van der Waals surface area contributed by atoms with Gasteiger partial charge in [0.05, 0.1) is 12.2 Å². The van der Waals surface area contributed by atoms with Crippen molar-refractivity contribution in [1.29, 1.82) is 0 Å². The van der Waals surface area contributed by atoms with Crippen LogP contribution in [0.2, 0.25) is 5.02 Å². The normalized spacial score (nSPS) is 10.7. The van der Waals surface area contributed by atoms with Crippen LogP contribution in [0, 0.1) is 13.8 Å². The second-order valence-electron chi connectivity index (χ2n) is 6.75. The Hall–Kier alpha value is -2.59. The molecule has 0 aliphatic carbocycles. The maximum Gasteiger partial charge on any atom is 0.148 e. The molecule has 0 spiro atoms. The summed E-state index contributed by atoms with van der Waals surface area (Å²) in [5.74, 6) is 1.57. The van der Waals surface area contributed by atoms with E-state index in [1.165, 1.54) is 28.6 Å². The Morgan fingerprint density at radius 1 is 1.00 bits per heavy atom. The molecule has 0 unspecified atom stereocenters. The van der Waals surface area contributed by atoms with Crippen LogP contribution in [-0.2, 0) is 12.8 Å². The molecule has 2 aromatic carbocycles. The van der Waals surface area contributed by atoms with E-state index in [0.717, 1.165) is 24.3 Å². The van der Waals surface area contributed by atoms with Gasteiger partial charge in [-0.2, -0.15) is 0 Å². The van der Waals surface area contributed by atoms with Gasteiger partial charge in [-0.1, -0.05) is 54.9 Å². The van der Waals surface area contributed by atoms with Gasteiger partial charge in [-0.3, -0.25) is 0 Å². The number of rotatable bonds is 8. The highest BCUT2D eigenvalue weighted by molar-refractivity contribution is 6.33. The lowest BCUT2D eigenvalue weighted by atomic mass is 9.97. The lowest BCUT2D eigenvalue weighted by Crippen LogP contribution is -2.14. The Bertz CT molecular complexity index is 929. The molecule has 3 aromatic rings. The molecule has 0 aliphatic heterocycles. The van der Waals surface area contributed by atoms with Gasteiger partial charge < -0.3 is 10.1 Å². The van der Waals surface area contributed by atoms with Crippen LogP contribution in [0.15, 0.2) is 48.8 Å². The molecule has 0 atom stereocenters. The van der Waals surface area contributed by atoms with Crippen LogP contribution >= 0.6 is 11.6 Å². The van der Waals surface area contributed by atoms with E-state index in [1.54, 1.807) is 0 Å². The average molecular weight is 396 g/mol. The molecule has 1 N–H and O–H groups in total. The first kappa shape index (κ1) is 20.2. The number of hydrogen-bond donors (Lipinski definition) is 1. The quantitative estimate of drug-likeness (QED) is 0.519. The van der Waals surface area contributed by atoms with Gasteiger partial charge in [-0.15, -0.1) is 0 Å². The van der Waals surface area contributed by atoms with Gasteiger partial charge in [-0.05, 0) is 55.0 Å². The predicted octanol–water partition coefficient (Wildman–Crippen LogP) is 5.39. The Labute approximate surface area is 172 Å². The zero-order chi connectivity index (χ0) is 19.9. The van der Waals surface area contributed by atoms with Gasteiger partial charge in [-0.25, -0.2) is 9.97 Å². The van der Waals surface area contributed by atoms with Crippen LogP contribution in [0.5, 0.6) is 5.75 Å². The van der Waals surface area contributed by atoms with Crippen molar-refractivity contribution < 1.29 is 4.74 Å². The molecule has 0 fully saturated rings. The summed E-state index contributed by atoms with van der Waals surface area (Å²) in [4.78, 5) is 8.38. The fourth-order valence-corrected chi connectivity index (χ4v) is 3.42. The van der Waals surface area contributed by atoms with Gasteiger partial charge in [0.2, 0.25) is 0 Å². The number of halogens is 1. The van der Waals surface area contributed by atoms with E-state index in [4.69, 9.17) is 16.3 Å². The summed E-state index contributed by atoms with van der Waals surface area (Å²) >= 11 is 6.31. The molecular weight excluding hydrogens is 370 g/mol. The molecule has 5 heteroatoms. The van der Waals surface area contributed by atoms with Gasteiger partial charge in [0.15, 0.2) is 0 Å². The SMILES string of the molecule is CCc1ncnc(NCCOc2ccc(Cc3ccccc3)c(C)c2C)c1Cl. The topological polar surface area (TPSA) is 47.0 Å². The largest absolute Gasteiger partial charge is 0.491 e. The van der Waals surface area contributed by atoms with Crippen LogP contribution < -0.4 is 10.1 Å². The van der Waals surface area contributed by atoms with Crippen molar-refractivity contribution in [2.24, 2.45) is 0 Å². The maximum absolute atomic E-state index is 6.31. The van der Waals surface area contributed by atoms with Crippen LogP contribution in [0.1, 0.15) is 34.9 Å². The fraction of sp³-hybridized carbons (Fsp3) is 0.304. The highest BCUT2D eigenvalue weighted by atomic mass is 35.5. The van der Waals surface area contributed by atoms with Crippen LogP contribution in [0.25, 0.3) is 0 Å². The van der Waals surface area contributed by atoms with Crippen LogP contribution in [0.4, 0.5) is 5.82 Å². The molecule has 3 rings (SSSR count). The third-order valence-electron chi connectivity index (χ3n) is 4.94. The second-order valence-corrected chi connectivity index (χ2v) is 7.12. The molecule has 0 saturated carbocycles. The van der Waals surface area contributed by atoms with Gasteiger partial charge in [0, 0.05) is 0 Å². The minimum absolute atomic E-state index is 0.528. The second kappa shape index (κ2) is 9.56. The van der Waals surface area contributed by atoms with Crippen LogP contribution in [0.3, 0.4) is 0 Å². The van der Waals surface area contributed by atoms with Gasteiger partial charge >= 0.3 is 0 Å².